The van der Waals surface area contributed by atoms with Crippen molar-refractivity contribution in [2.45, 2.75) is 32.9 Å². The smallest absolute Gasteiger partial charge is 0.161 e. The van der Waals surface area contributed by atoms with E-state index in [9.17, 15) is 0 Å². The Balaban J connectivity index is 1.62. The van der Waals surface area contributed by atoms with Crippen LogP contribution in [0.5, 0.6) is 11.5 Å². The van der Waals surface area contributed by atoms with Gasteiger partial charge in [-0.05, 0) is 42.5 Å². The predicted octanol–water partition coefficient (Wildman–Crippen LogP) is 3.09. The first-order valence-electron chi connectivity index (χ1n) is 8.92. The van der Waals surface area contributed by atoms with Crippen LogP contribution in [0.4, 0.5) is 0 Å². The standard InChI is InChI=1S/C21H27NO2/c1-17-10-12-22(13-11-17)15-19-8-9-20(21(14-19)23-2)24-16-18-6-4-3-5-7-18/h3-9,14,17H,10-13,15-16H2,1-2H3/p+1. The molecule has 128 valence electrons. The van der Waals surface area contributed by atoms with Gasteiger partial charge in [0.2, 0.25) is 0 Å². The fourth-order valence-corrected chi connectivity index (χ4v) is 3.31. The lowest BCUT2D eigenvalue weighted by Crippen LogP contribution is -3.11. The molecule has 0 unspecified atom stereocenters. The molecule has 1 aliphatic rings. The molecule has 0 amide bonds. The van der Waals surface area contributed by atoms with Crippen LogP contribution in [0.1, 0.15) is 30.9 Å². The molecule has 1 fully saturated rings. The molecule has 1 aliphatic heterocycles. The second kappa shape index (κ2) is 8.20. The number of quaternary nitrogens is 1. The Kier molecular flexibility index (Phi) is 5.76. The lowest BCUT2D eigenvalue weighted by Gasteiger charge is -2.27. The van der Waals surface area contributed by atoms with Gasteiger partial charge in [0.1, 0.15) is 13.2 Å². The third kappa shape index (κ3) is 4.51. The average molecular weight is 326 g/mol. The third-order valence-electron chi connectivity index (χ3n) is 4.90. The van der Waals surface area contributed by atoms with Gasteiger partial charge in [-0.1, -0.05) is 37.3 Å². The maximum absolute atomic E-state index is 5.94. The van der Waals surface area contributed by atoms with Crippen LogP contribution in [-0.4, -0.2) is 20.2 Å². The minimum Gasteiger partial charge on any atom is -0.493 e. The molecular formula is C21H28NO2+. The van der Waals surface area contributed by atoms with Gasteiger partial charge in [0, 0.05) is 5.56 Å². The van der Waals surface area contributed by atoms with Crippen LogP contribution in [0.3, 0.4) is 0 Å². The molecule has 0 bridgehead atoms. The van der Waals surface area contributed by atoms with Crippen molar-refractivity contribution in [1.29, 1.82) is 0 Å². The Morgan fingerprint density at radius 1 is 0.958 bits per heavy atom. The highest BCUT2D eigenvalue weighted by molar-refractivity contribution is 5.42. The molecule has 0 atom stereocenters. The molecule has 0 radical (unpaired) electrons. The summed E-state index contributed by atoms with van der Waals surface area (Å²) in [6.45, 7) is 6.54. The molecule has 0 aromatic heterocycles. The number of likely N-dealkylation sites (tertiary alicyclic amines) is 1. The SMILES string of the molecule is COc1cc(C[NH+]2CCC(C)CC2)ccc1OCc1ccccc1. The molecule has 1 saturated heterocycles. The van der Waals surface area contributed by atoms with Gasteiger partial charge in [0.05, 0.1) is 20.2 Å². The second-order valence-electron chi connectivity index (χ2n) is 6.87. The topological polar surface area (TPSA) is 22.9 Å². The molecule has 3 heteroatoms. The van der Waals surface area contributed by atoms with Crippen molar-refractivity contribution in [2.75, 3.05) is 20.2 Å². The Bertz CT molecular complexity index is 634. The van der Waals surface area contributed by atoms with Gasteiger partial charge in [-0.25, -0.2) is 0 Å². The molecule has 1 heterocycles. The second-order valence-corrected chi connectivity index (χ2v) is 6.87. The highest BCUT2D eigenvalue weighted by Gasteiger charge is 2.19. The van der Waals surface area contributed by atoms with Crippen molar-refractivity contribution >= 4 is 0 Å². The van der Waals surface area contributed by atoms with E-state index in [-0.39, 0.29) is 0 Å². The van der Waals surface area contributed by atoms with Gasteiger partial charge in [-0.2, -0.15) is 0 Å². The van der Waals surface area contributed by atoms with Crippen molar-refractivity contribution in [2.24, 2.45) is 5.92 Å². The van der Waals surface area contributed by atoms with E-state index >= 15 is 0 Å². The Labute approximate surface area is 145 Å². The van der Waals surface area contributed by atoms with Crippen molar-refractivity contribution in [3.05, 3.63) is 59.7 Å². The lowest BCUT2D eigenvalue weighted by molar-refractivity contribution is -0.919. The molecule has 2 aromatic rings. The minimum absolute atomic E-state index is 0.561. The fraction of sp³-hybridized carbons (Fsp3) is 0.429. The van der Waals surface area contributed by atoms with Crippen LogP contribution >= 0.6 is 0 Å². The first-order chi connectivity index (χ1) is 11.7. The molecule has 0 saturated carbocycles. The highest BCUT2D eigenvalue weighted by atomic mass is 16.5. The lowest BCUT2D eigenvalue weighted by atomic mass is 9.99. The summed E-state index contributed by atoms with van der Waals surface area (Å²) in [5, 5.41) is 0. The number of piperidine rings is 1. The summed E-state index contributed by atoms with van der Waals surface area (Å²) in [4.78, 5) is 1.67. The van der Waals surface area contributed by atoms with Crippen molar-refractivity contribution in [1.82, 2.24) is 0 Å². The van der Waals surface area contributed by atoms with Crippen LogP contribution in [0.25, 0.3) is 0 Å². The molecule has 1 N–H and O–H groups in total. The van der Waals surface area contributed by atoms with Crippen molar-refractivity contribution in [3.63, 3.8) is 0 Å². The zero-order valence-electron chi connectivity index (χ0n) is 14.8. The van der Waals surface area contributed by atoms with Gasteiger partial charge >= 0.3 is 0 Å². The van der Waals surface area contributed by atoms with Crippen LogP contribution in [0, 0.1) is 5.92 Å². The number of benzene rings is 2. The summed E-state index contributed by atoms with van der Waals surface area (Å²) in [5.74, 6) is 2.53. The quantitative estimate of drug-likeness (QED) is 0.881. The van der Waals surface area contributed by atoms with Gasteiger partial charge in [0.15, 0.2) is 11.5 Å². The van der Waals surface area contributed by atoms with Crippen molar-refractivity contribution < 1.29 is 14.4 Å². The van der Waals surface area contributed by atoms with E-state index in [4.69, 9.17) is 9.47 Å². The third-order valence-corrected chi connectivity index (χ3v) is 4.90. The van der Waals surface area contributed by atoms with Gasteiger partial charge in [0.25, 0.3) is 0 Å². The normalized spacial score (nSPS) is 20.6. The van der Waals surface area contributed by atoms with Crippen LogP contribution < -0.4 is 14.4 Å². The summed E-state index contributed by atoms with van der Waals surface area (Å²) in [6, 6.07) is 16.6. The van der Waals surface area contributed by atoms with E-state index in [0.29, 0.717) is 6.61 Å². The largest absolute Gasteiger partial charge is 0.493 e. The van der Waals surface area contributed by atoms with E-state index in [2.05, 4.69) is 31.2 Å². The van der Waals surface area contributed by atoms with E-state index < -0.39 is 0 Å². The van der Waals surface area contributed by atoms with Crippen LogP contribution in [0.2, 0.25) is 0 Å². The molecule has 2 aromatic carbocycles. The fourth-order valence-electron chi connectivity index (χ4n) is 3.31. The summed E-state index contributed by atoms with van der Waals surface area (Å²) in [5.41, 5.74) is 2.49. The zero-order valence-corrected chi connectivity index (χ0v) is 14.8. The zero-order chi connectivity index (χ0) is 16.8. The number of rotatable bonds is 6. The van der Waals surface area contributed by atoms with Gasteiger partial charge in [-0.15, -0.1) is 0 Å². The minimum atomic E-state index is 0.561. The summed E-state index contributed by atoms with van der Waals surface area (Å²) in [6.07, 6.45) is 2.68. The van der Waals surface area contributed by atoms with E-state index in [1.165, 1.54) is 31.5 Å². The maximum atomic E-state index is 5.94. The Hall–Kier alpha value is -2.00. The van der Waals surface area contributed by atoms with E-state index in [1.54, 1.807) is 12.0 Å². The summed E-state index contributed by atoms with van der Waals surface area (Å²) in [7, 11) is 1.71. The van der Waals surface area contributed by atoms with Gasteiger partial charge in [-0.3, -0.25) is 0 Å². The monoisotopic (exact) mass is 326 g/mol. The Morgan fingerprint density at radius 3 is 2.42 bits per heavy atom. The molecule has 24 heavy (non-hydrogen) atoms. The molecular weight excluding hydrogens is 298 g/mol. The predicted molar refractivity (Wildman–Crippen MR) is 96.6 cm³/mol. The maximum Gasteiger partial charge on any atom is 0.161 e. The molecule has 0 aliphatic carbocycles. The highest BCUT2D eigenvalue weighted by Crippen LogP contribution is 2.28. The first kappa shape index (κ1) is 16.8. The van der Waals surface area contributed by atoms with Crippen molar-refractivity contribution in [3.8, 4) is 11.5 Å². The van der Waals surface area contributed by atoms with Crippen LogP contribution in [-0.2, 0) is 13.2 Å². The summed E-state index contributed by atoms with van der Waals surface area (Å²) >= 11 is 0. The van der Waals surface area contributed by atoms with E-state index in [0.717, 1.165) is 29.5 Å². The molecule has 3 nitrogen and oxygen atoms in total. The number of hydrogen-bond acceptors (Lipinski definition) is 2. The Morgan fingerprint density at radius 2 is 1.71 bits per heavy atom. The molecule has 0 spiro atoms. The van der Waals surface area contributed by atoms with Crippen LogP contribution in [0.15, 0.2) is 48.5 Å². The number of nitrogens with one attached hydrogen (secondary N) is 1. The number of ether oxygens (including phenoxy) is 2. The van der Waals surface area contributed by atoms with Gasteiger partial charge < -0.3 is 14.4 Å². The molecule has 3 rings (SSSR count). The number of hydrogen-bond donors (Lipinski definition) is 1. The average Bonchev–Trinajstić information content (AvgIpc) is 2.63. The first-order valence-corrected chi connectivity index (χ1v) is 8.92. The number of methoxy groups -OCH3 is 1. The van der Waals surface area contributed by atoms with E-state index in [1.807, 2.05) is 24.3 Å². The summed E-state index contributed by atoms with van der Waals surface area (Å²) < 4.78 is 11.5.